The molecule has 0 aliphatic carbocycles. The second-order valence-corrected chi connectivity index (χ2v) is 10.9. The summed E-state index contributed by atoms with van der Waals surface area (Å²) in [5.41, 5.74) is 6.47. The first kappa shape index (κ1) is 27.2. The summed E-state index contributed by atoms with van der Waals surface area (Å²) in [6, 6.07) is 13.2. The van der Waals surface area contributed by atoms with E-state index in [0.29, 0.717) is 11.7 Å². The Morgan fingerprint density at radius 2 is 1.52 bits per heavy atom. The molecular weight excluding hydrogens is 424 g/mol. The van der Waals surface area contributed by atoms with Gasteiger partial charge in [0, 0.05) is 17.8 Å². The highest BCUT2D eigenvalue weighted by Gasteiger charge is 2.26. The molecule has 0 unspecified atom stereocenters. The predicted molar refractivity (Wildman–Crippen MR) is 148 cm³/mol. The Hall–Kier alpha value is -2.07. The molecule has 0 radical (unpaired) electrons. The van der Waals surface area contributed by atoms with Crippen molar-refractivity contribution in [2.75, 3.05) is 18.5 Å². The van der Waals surface area contributed by atoms with Gasteiger partial charge in [0.25, 0.3) is 0 Å². The second-order valence-electron chi connectivity index (χ2n) is 10.5. The number of hydrogen-bond donors (Lipinski definition) is 2. The molecule has 0 aliphatic heterocycles. The SMILES string of the molecule is CCC(C)(C)c1ccc(OCCCCNC(=S)Nc2cc(C)cc(C)c2)c(C(C)(C)CC)c1. The van der Waals surface area contributed by atoms with Gasteiger partial charge < -0.3 is 15.4 Å². The first-order valence-corrected chi connectivity index (χ1v) is 12.8. The fourth-order valence-corrected chi connectivity index (χ4v) is 4.05. The van der Waals surface area contributed by atoms with Crippen molar-refractivity contribution in [1.82, 2.24) is 5.32 Å². The molecule has 2 aromatic rings. The fourth-order valence-electron chi connectivity index (χ4n) is 3.83. The molecule has 3 nitrogen and oxygen atoms in total. The van der Waals surface area contributed by atoms with Crippen LogP contribution in [0.4, 0.5) is 5.69 Å². The van der Waals surface area contributed by atoms with Crippen LogP contribution in [0.1, 0.15) is 89.5 Å². The second kappa shape index (κ2) is 11.9. The van der Waals surface area contributed by atoms with Gasteiger partial charge in [0.2, 0.25) is 0 Å². The van der Waals surface area contributed by atoms with Crippen molar-refractivity contribution >= 4 is 23.0 Å². The van der Waals surface area contributed by atoms with E-state index in [1.807, 2.05) is 0 Å². The molecule has 0 heterocycles. The van der Waals surface area contributed by atoms with E-state index >= 15 is 0 Å². The number of nitrogens with one attached hydrogen (secondary N) is 2. The zero-order valence-corrected chi connectivity index (χ0v) is 22.8. The van der Waals surface area contributed by atoms with Gasteiger partial charge in [-0.15, -0.1) is 0 Å². The summed E-state index contributed by atoms with van der Waals surface area (Å²) in [4.78, 5) is 0. The largest absolute Gasteiger partial charge is 0.493 e. The summed E-state index contributed by atoms with van der Waals surface area (Å²) in [6.07, 6.45) is 4.18. The van der Waals surface area contributed by atoms with E-state index in [0.717, 1.165) is 43.7 Å². The summed E-state index contributed by atoms with van der Waals surface area (Å²) in [5.74, 6) is 1.03. The van der Waals surface area contributed by atoms with Crippen LogP contribution in [-0.2, 0) is 10.8 Å². The summed E-state index contributed by atoms with van der Waals surface area (Å²) in [7, 11) is 0. The maximum atomic E-state index is 6.28. The lowest BCUT2D eigenvalue weighted by molar-refractivity contribution is 0.296. The zero-order valence-electron chi connectivity index (χ0n) is 22.0. The van der Waals surface area contributed by atoms with E-state index in [1.54, 1.807) is 0 Å². The van der Waals surface area contributed by atoms with Gasteiger partial charge in [0.05, 0.1) is 6.61 Å². The highest BCUT2D eigenvalue weighted by molar-refractivity contribution is 7.80. The smallest absolute Gasteiger partial charge is 0.170 e. The zero-order chi connectivity index (χ0) is 24.6. The Balaban J connectivity index is 1.86. The van der Waals surface area contributed by atoms with Gasteiger partial charge in [0.1, 0.15) is 5.75 Å². The molecule has 0 spiro atoms. The van der Waals surface area contributed by atoms with E-state index in [4.69, 9.17) is 17.0 Å². The van der Waals surface area contributed by atoms with Crippen LogP contribution in [0, 0.1) is 13.8 Å². The summed E-state index contributed by atoms with van der Waals surface area (Å²) in [5, 5.41) is 7.26. The molecule has 0 saturated heterocycles. The fraction of sp³-hybridized carbons (Fsp3) is 0.552. The summed E-state index contributed by atoms with van der Waals surface area (Å²) < 4.78 is 6.28. The molecule has 0 aliphatic rings. The third-order valence-electron chi connectivity index (χ3n) is 6.85. The lowest BCUT2D eigenvalue weighted by atomic mass is 9.76. The minimum absolute atomic E-state index is 0.0860. The first-order chi connectivity index (χ1) is 15.5. The maximum Gasteiger partial charge on any atom is 0.170 e. The maximum absolute atomic E-state index is 6.28. The first-order valence-electron chi connectivity index (χ1n) is 12.4. The number of ether oxygens (including phenoxy) is 1. The van der Waals surface area contributed by atoms with Crippen LogP contribution in [0.2, 0.25) is 0 Å². The molecule has 0 atom stereocenters. The van der Waals surface area contributed by atoms with Crippen molar-refractivity contribution in [2.45, 2.75) is 91.9 Å². The van der Waals surface area contributed by atoms with Crippen LogP contribution in [-0.4, -0.2) is 18.3 Å². The van der Waals surface area contributed by atoms with Gasteiger partial charge in [-0.3, -0.25) is 0 Å². The number of unbranched alkanes of at least 4 members (excludes halogenated alkanes) is 1. The summed E-state index contributed by atoms with van der Waals surface area (Å²) in [6.45, 7) is 19.5. The molecule has 0 bridgehead atoms. The van der Waals surface area contributed by atoms with E-state index in [9.17, 15) is 0 Å². The van der Waals surface area contributed by atoms with Gasteiger partial charge in [-0.1, -0.05) is 59.7 Å². The number of anilines is 1. The molecule has 2 aromatic carbocycles. The number of thiocarbonyl (C=S) groups is 1. The van der Waals surface area contributed by atoms with Gasteiger partial charge in [-0.25, -0.2) is 0 Å². The van der Waals surface area contributed by atoms with Crippen molar-refractivity contribution in [3.8, 4) is 5.75 Å². The average molecular weight is 469 g/mol. The highest BCUT2D eigenvalue weighted by atomic mass is 32.1. The molecule has 4 heteroatoms. The number of benzene rings is 2. The van der Waals surface area contributed by atoms with Gasteiger partial charge in [0.15, 0.2) is 5.11 Å². The Labute approximate surface area is 207 Å². The lowest BCUT2D eigenvalue weighted by Crippen LogP contribution is -2.29. The molecule has 0 saturated carbocycles. The van der Waals surface area contributed by atoms with Crippen molar-refractivity contribution in [3.05, 3.63) is 58.7 Å². The minimum Gasteiger partial charge on any atom is -0.493 e. The third kappa shape index (κ3) is 8.03. The molecule has 0 amide bonds. The Morgan fingerprint density at radius 1 is 0.879 bits per heavy atom. The highest BCUT2D eigenvalue weighted by Crippen LogP contribution is 2.38. The van der Waals surface area contributed by atoms with Crippen LogP contribution < -0.4 is 15.4 Å². The predicted octanol–water partition coefficient (Wildman–Crippen LogP) is 7.82. The van der Waals surface area contributed by atoms with Crippen molar-refractivity contribution in [3.63, 3.8) is 0 Å². The monoisotopic (exact) mass is 468 g/mol. The average Bonchev–Trinajstić information content (AvgIpc) is 2.75. The van der Waals surface area contributed by atoms with Crippen molar-refractivity contribution in [2.24, 2.45) is 0 Å². The van der Waals surface area contributed by atoms with E-state index in [1.165, 1.54) is 22.3 Å². The third-order valence-corrected chi connectivity index (χ3v) is 7.10. The number of hydrogen-bond acceptors (Lipinski definition) is 2. The Bertz CT molecular complexity index is 913. The lowest BCUT2D eigenvalue weighted by Gasteiger charge is -2.30. The minimum atomic E-state index is 0.0860. The Kier molecular flexibility index (Phi) is 9.78. The molecular formula is C29H44N2OS. The van der Waals surface area contributed by atoms with Crippen LogP contribution in [0.5, 0.6) is 5.75 Å². The summed E-state index contributed by atoms with van der Waals surface area (Å²) >= 11 is 5.45. The van der Waals surface area contributed by atoms with Gasteiger partial charge in [-0.05, 0) is 97.5 Å². The standard InChI is InChI=1S/C29H44N2OS/c1-9-28(5,6)23-13-14-26(25(20-23)29(7,8)10-2)32-16-12-11-15-30-27(33)31-24-18-21(3)17-22(4)19-24/h13-14,17-20H,9-12,15-16H2,1-8H3,(H2,30,31,33). The number of rotatable bonds is 11. The van der Waals surface area contributed by atoms with Crippen molar-refractivity contribution < 1.29 is 4.74 Å². The number of aryl methyl sites for hydroxylation is 2. The van der Waals surface area contributed by atoms with Gasteiger partial charge >= 0.3 is 0 Å². The Morgan fingerprint density at radius 3 is 2.12 bits per heavy atom. The van der Waals surface area contributed by atoms with Gasteiger partial charge in [-0.2, -0.15) is 0 Å². The van der Waals surface area contributed by atoms with E-state index in [2.05, 4.69) is 102 Å². The normalized spacial score (nSPS) is 11.9. The molecule has 0 fully saturated rings. The molecule has 2 N–H and O–H groups in total. The molecule has 0 aromatic heterocycles. The van der Waals surface area contributed by atoms with E-state index in [-0.39, 0.29) is 10.8 Å². The van der Waals surface area contributed by atoms with Crippen LogP contribution in [0.15, 0.2) is 36.4 Å². The molecule has 33 heavy (non-hydrogen) atoms. The van der Waals surface area contributed by atoms with E-state index < -0.39 is 0 Å². The van der Waals surface area contributed by atoms with Crippen LogP contribution in [0.25, 0.3) is 0 Å². The van der Waals surface area contributed by atoms with Crippen molar-refractivity contribution in [1.29, 1.82) is 0 Å². The van der Waals surface area contributed by atoms with Crippen LogP contribution >= 0.6 is 12.2 Å². The topological polar surface area (TPSA) is 33.3 Å². The molecule has 182 valence electrons. The quantitative estimate of drug-likeness (QED) is 0.260. The van der Waals surface area contributed by atoms with Crippen LogP contribution in [0.3, 0.4) is 0 Å². The molecule has 2 rings (SSSR count).